The smallest absolute Gasteiger partial charge is 0.277 e. The van der Waals surface area contributed by atoms with Gasteiger partial charge in [-0.1, -0.05) is 30.3 Å². The van der Waals surface area contributed by atoms with E-state index in [9.17, 15) is 9.90 Å². The van der Waals surface area contributed by atoms with Crippen LogP contribution < -0.4 is 5.56 Å². The van der Waals surface area contributed by atoms with E-state index >= 15 is 0 Å². The lowest BCUT2D eigenvalue weighted by Crippen LogP contribution is -2.21. The zero-order chi connectivity index (χ0) is 15.8. The molecule has 0 atom stereocenters. The molecule has 5 nitrogen and oxygen atoms in total. The van der Waals surface area contributed by atoms with Gasteiger partial charge >= 0.3 is 0 Å². The number of aryl methyl sites for hydroxylation is 2. The number of phenols is 1. The van der Waals surface area contributed by atoms with Gasteiger partial charge in [0.05, 0.1) is 6.33 Å². The fourth-order valence-electron chi connectivity index (χ4n) is 2.81. The van der Waals surface area contributed by atoms with Gasteiger partial charge in [-0.15, -0.1) is 0 Å². The maximum Gasteiger partial charge on any atom is 0.277 e. The van der Waals surface area contributed by atoms with E-state index in [1.807, 2.05) is 36.4 Å². The Morgan fingerprint density at radius 2 is 1.87 bits per heavy atom. The molecule has 2 aromatic carbocycles. The largest absolute Gasteiger partial charge is 0.508 e. The molecular formula is C18H15N3O2. The average molecular weight is 305 g/mol. The highest BCUT2D eigenvalue weighted by Gasteiger charge is 2.10. The van der Waals surface area contributed by atoms with Crippen molar-refractivity contribution in [3.05, 3.63) is 70.8 Å². The lowest BCUT2D eigenvalue weighted by molar-refractivity contribution is 0.475. The molecule has 0 aliphatic rings. The zero-order valence-corrected chi connectivity index (χ0v) is 12.4. The number of aromatic nitrogens is 3. The maximum absolute atomic E-state index is 12.6. The van der Waals surface area contributed by atoms with Crippen LogP contribution in [-0.2, 0) is 13.0 Å². The van der Waals surface area contributed by atoms with E-state index in [1.54, 1.807) is 23.0 Å². The van der Waals surface area contributed by atoms with E-state index in [4.69, 9.17) is 0 Å². The Bertz CT molecular complexity index is 1050. The summed E-state index contributed by atoms with van der Waals surface area (Å²) in [6.07, 6.45) is 2.30. The molecular weight excluding hydrogens is 290 g/mol. The molecule has 0 bridgehead atoms. The van der Waals surface area contributed by atoms with Crippen LogP contribution in [0, 0.1) is 0 Å². The summed E-state index contributed by atoms with van der Waals surface area (Å²) in [7, 11) is 0. The molecule has 0 aliphatic heterocycles. The molecule has 4 rings (SSSR count). The summed E-state index contributed by atoms with van der Waals surface area (Å²) < 4.78 is 1.62. The van der Waals surface area contributed by atoms with Crippen LogP contribution in [0.3, 0.4) is 0 Å². The number of aromatic hydroxyl groups is 1. The van der Waals surface area contributed by atoms with Gasteiger partial charge in [0.1, 0.15) is 16.8 Å². The Labute approximate surface area is 131 Å². The maximum atomic E-state index is 12.6. The second-order valence-electron chi connectivity index (χ2n) is 5.55. The van der Waals surface area contributed by atoms with Crippen LogP contribution in [-0.4, -0.2) is 19.6 Å². The predicted octanol–water partition coefficient (Wildman–Crippen LogP) is 2.83. The summed E-state index contributed by atoms with van der Waals surface area (Å²) in [5.74, 6) is 0.243. The van der Waals surface area contributed by atoms with Crippen LogP contribution >= 0.6 is 0 Å². The van der Waals surface area contributed by atoms with Crippen LogP contribution in [0.4, 0.5) is 0 Å². The molecule has 0 spiro atoms. The molecule has 2 heterocycles. The van der Waals surface area contributed by atoms with Crippen molar-refractivity contribution in [2.24, 2.45) is 0 Å². The predicted molar refractivity (Wildman–Crippen MR) is 89.7 cm³/mol. The van der Waals surface area contributed by atoms with Gasteiger partial charge in [-0.2, -0.15) is 0 Å². The van der Waals surface area contributed by atoms with E-state index in [1.165, 1.54) is 0 Å². The van der Waals surface area contributed by atoms with Gasteiger partial charge in [-0.25, -0.2) is 4.98 Å². The molecule has 0 radical (unpaired) electrons. The van der Waals surface area contributed by atoms with Gasteiger partial charge in [-0.05, 0) is 30.2 Å². The Hall–Kier alpha value is -3.08. The number of hydrogen-bond donors (Lipinski definition) is 2. The van der Waals surface area contributed by atoms with Crippen molar-refractivity contribution >= 4 is 21.9 Å². The van der Waals surface area contributed by atoms with Gasteiger partial charge in [0, 0.05) is 17.4 Å². The third kappa shape index (κ3) is 2.36. The Balaban J connectivity index is 1.70. The number of H-pyrrole nitrogens is 1. The number of rotatable bonds is 3. The van der Waals surface area contributed by atoms with Crippen molar-refractivity contribution in [3.63, 3.8) is 0 Å². The molecule has 114 valence electrons. The number of para-hydroxylation sites is 1. The number of aromatic amines is 1. The number of benzene rings is 2. The van der Waals surface area contributed by atoms with Crippen molar-refractivity contribution in [1.82, 2.24) is 14.5 Å². The highest BCUT2D eigenvalue weighted by atomic mass is 16.3. The van der Waals surface area contributed by atoms with Gasteiger partial charge < -0.3 is 10.1 Å². The number of phenolic OH excluding ortho intramolecular Hbond substituents is 1. The SMILES string of the molecule is O=c1c2[nH]c3ccccc3c2ncn1CCc1ccc(O)cc1. The van der Waals surface area contributed by atoms with Crippen LogP contribution in [0.1, 0.15) is 5.56 Å². The number of hydrogen-bond acceptors (Lipinski definition) is 3. The Morgan fingerprint density at radius 3 is 2.70 bits per heavy atom. The molecule has 0 amide bonds. The quantitative estimate of drug-likeness (QED) is 0.611. The lowest BCUT2D eigenvalue weighted by Gasteiger charge is -2.05. The number of nitrogens with one attached hydrogen (secondary N) is 1. The van der Waals surface area contributed by atoms with Crippen LogP contribution in [0.15, 0.2) is 59.7 Å². The summed E-state index contributed by atoms with van der Waals surface area (Å²) in [4.78, 5) is 20.2. The van der Waals surface area contributed by atoms with Crippen LogP contribution in [0.25, 0.3) is 21.9 Å². The van der Waals surface area contributed by atoms with Crippen molar-refractivity contribution in [2.75, 3.05) is 0 Å². The van der Waals surface area contributed by atoms with E-state index in [2.05, 4.69) is 9.97 Å². The Kier molecular flexibility index (Phi) is 3.12. The third-order valence-corrected chi connectivity index (χ3v) is 4.06. The van der Waals surface area contributed by atoms with E-state index in [-0.39, 0.29) is 11.3 Å². The first-order valence-corrected chi connectivity index (χ1v) is 7.46. The second kappa shape index (κ2) is 5.28. The van der Waals surface area contributed by atoms with E-state index in [0.717, 1.165) is 16.5 Å². The standard InChI is InChI=1S/C18H15N3O2/c22-13-7-5-12(6-8-13)9-10-21-11-19-16-14-3-1-2-4-15(14)20-17(16)18(21)23/h1-8,11,20,22H,9-10H2. The molecule has 0 saturated carbocycles. The summed E-state index contributed by atoms with van der Waals surface area (Å²) in [6.45, 7) is 0.544. The second-order valence-corrected chi connectivity index (χ2v) is 5.55. The minimum atomic E-state index is -0.0648. The van der Waals surface area contributed by atoms with E-state index in [0.29, 0.717) is 24.0 Å². The van der Waals surface area contributed by atoms with Gasteiger partial charge in [-0.3, -0.25) is 9.36 Å². The number of nitrogens with zero attached hydrogens (tertiary/aromatic N) is 2. The Morgan fingerprint density at radius 1 is 1.09 bits per heavy atom. The molecule has 5 heteroatoms. The molecule has 0 unspecified atom stereocenters. The monoisotopic (exact) mass is 305 g/mol. The summed E-state index contributed by atoms with van der Waals surface area (Å²) in [6, 6.07) is 14.8. The van der Waals surface area contributed by atoms with Gasteiger partial charge in [0.2, 0.25) is 0 Å². The molecule has 0 fully saturated rings. The van der Waals surface area contributed by atoms with Crippen molar-refractivity contribution in [2.45, 2.75) is 13.0 Å². The number of fused-ring (bicyclic) bond motifs is 3. The van der Waals surface area contributed by atoms with Crippen molar-refractivity contribution in [1.29, 1.82) is 0 Å². The zero-order valence-electron chi connectivity index (χ0n) is 12.4. The van der Waals surface area contributed by atoms with E-state index < -0.39 is 0 Å². The molecule has 2 N–H and O–H groups in total. The third-order valence-electron chi connectivity index (χ3n) is 4.06. The molecule has 0 saturated heterocycles. The summed E-state index contributed by atoms with van der Waals surface area (Å²) in [5, 5.41) is 10.3. The summed E-state index contributed by atoms with van der Waals surface area (Å²) in [5.41, 5.74) is 3.17. The molecule has 0 aliphatic carbocycles. The fourth-order valence-corrected chi connectivity index (χ4v) is 2.81. The molecule has 2 aromatic heterocycles. The van der Waals surface area contributed by atoms with Crippen molar-refractivity contribution < 1.29 is 5.11 Å². The van der Waals surface area contributed by atoms with Crippen LogP contribution in [0.5, 0.6) is 5.75 Å². The summed E-state index contributed by atoms with van der Waals surface area (Å²) >= 11 is 0. The normalized spacial score (nSPS) is 11.3. The van der Waals surface area contributed by atoms with Gasteiger partial charge in [0.25, 0.3) is 5.56 Å². The van der Waals surface area contributed by atoms with Gasteiger partial charge in [0.15, 0.2) is 0 Å². The van der Waals surface area contributed by atoms with Crippen LogP contribution in [0.2, 0.25) is 0 Å². The highest BCUT2D eigenvalue weighted by molar-refractivity contribution is 6.04. The topological polar surface area (TPSA) is 70.9 Å². The lowest BCUT2D eigenvalue weighted by atomic mass is 10.1. The first-order chi connectivity index (χ1) is 11.2. The highest BCUT2D eigenvalue weighted by Crippen LogP contribution is 2.20. The molecule has 23 heavy (non-hydrogen) atoms. The first kappa shape index (κ1) is 13.6. The average Bonchev–Trinajstić information content (AvgIpc) is 2.95. The molecule has 4 aromatic rings. The minimum absolute atomic E-state index is 0.0648. The minimum Gasteiger partial charge on any atom is -0.508 e. The van der Waals surface area contributed by atoms with Crippen molar-refractivity contribution in [3.8, 4) is 5.75 Å². The fraction of sp³-hybridized carbons (Fsp3) is 0.111. The first-order valence-electron chi connectivity index (χ1n) is 7.46.